The quantitative estimate of drug-likeness (QED) is 0.768. The molecular weight excluding hydrogens is 410 g/mol. The van der Waals surface area contributed by atoms with Gasteiger partial charge in [0.25, 0.3) is 5.91 Å². The number of nitrogens with two attached hydrogens (primary N) is 1. The standard InChI is InChI=1S/C13H16ClN5O3.C5H10O.C2H6/c1-13(2,3)22-12(21)18(4)7-5-9(14)17-19-8(10(15)20)6-16-11(7)19;1-6-5-3-2-4-5;1-2/h5-6H,1-4H3,(H2,15,20);5H,2-4H2,1H3;1-2H3. The van der Waals surface area contributed by atoms with E-state index in [0.29, 0.717) is 11.8 Å². The summed E-state index contributed by atoms with van der Waals surface area (Å²) in [6.07, 6.45) is 5.25. The minimum absolute atomic E-state index is 0.0661. The minimum Gasteiger partial charge on any atom is -0.443 e. The molecule has 0 spiro atoms. The molecule has 0 radical (unpaired) electrons. The Morgan fingerprint density at radius 3 is 2.30 bits per heavy atom. The summed E-state index contributed by atoms with van der Waals surface area (Å²) < 4.78 is 11.5. The van der Waals surface area contributed by atoms with Crippen LogP contribution in [0.2, 0.25) is 5.15 Å². The monoisotopic (exact) mass is 441 g/mol. The predicted molar refractivity (Wildman–Crippen MR) is 117 cm³/mol. The summed E-state index contributed by atoms with van der Waals surface area (Å²) >= 11 is 5.95. The highest BCUT2D eigenvalue weighted by atomic mass is 35.5. The maximum Gasteiger partial charge on any atom is 0.414 e. The van der Waals surface area contributed by atoms with Crippen molar-refractivity contribution in [3.8, 4) is 0 Å². The lowest BCUT2D eigenvalue weighted by atomic mass is 9.96. The lowest BCUT2D eigenvalue weighted by molar-refractivity contribution is 0.0412. The van der Waals surface area contributed by atoms with Crippen LogP contribution in [-0.4, -0.2) is 52.5 Å². The van der Waals surface area contributed by atoms with E-state index < -0.39 is 17.6 Å². The number of rotatable bonds is 3. The number of nitrogens with zero attached hydrogens (tertiary/aromatic N) is 4. The molecule has 0 saturated heterocycles. The molecular formula is C20H32ClN5O4. The summed E-state index contributed by atoms with van der Waals surface area (Å²) in [5, 5.41) is 4.06. The molecule has 3 rings (SSSR count). The van der Waals surface area contributed by atoms with Crippen molar-refractivity contribution in [3.63, 3.8) is 0 Å². The highest BCUT2D eigenvalue weighted by molar-refractivity contribution is 6.29. The predicted octanol–water partition coefficient (Wildman–Crippen LogP) is 4.06. The van der Waals surface area contributed by atoms with E-state index in [4.69, 9.17) is 26.8 Å². The van der Waals surface area contributed by atoms with Crippen molar-refractivity contribution in [2.75, 3.05) is 19.1 Å². The molecule has 2 heterocycles. The molecule has 1 aliphatic rings. The summed E-state index contributed by atoms with van der Waals surface area (Å²) in [4.78, 5) is 28.8. The third-order valence-corrected chi connectivity index (χ3v) is 4.27. The van der Waals surface area contributed by atoms with Crippen molar-refractivity contribution in [1.82, 2.24) is 14.6 Å². The zero-order valence-corrected chi connectivity index (χ0v) is 19.5. The first-order valence-electron chi connectivity index (χ1n) is 9.87. The molecule has 10 heteroatoms. The molecule has 1 fully saturated rings. The van der Waals surface area contributed by atoms with Gasteiger partial charge in [-0.05, 0) is 40.0 Å². The lowest BCUT2D eigenvalue weighted by Gasteiger charge is -2.24. The molecule has 0 aliphatic heterocycles. The first-order chi connectivity index (χ1) is 14.0. The second-order valence-electron chi connectivity index (χ2n) is 7.42. The van der Waals surface area contributed by atoms with Gasteiger partial charge in [-0.15, -0.1) is 0 Å². The third-order valence-electron chi connectivity index (χ3n) is 4.09. The second kappa shape index (κ2) is 11.1. The van der Waals surface area contributed by atoms with Crippen LogP contribution < -0.4 is 10.6 Å². The number of methoxy groups -OCH3 is 1. The van der Waals surface area contributed by atoms with Crippen LogP contribution in [0.15, 0.2) is 12.3 Å². The van der Waals surface area contributed by atoms with Crippen LogP contribution in [0.5, 0.6) is 0 Å². The average molecular weight is 442 g/mol. The number of aromatic nitrogens is 3. The zero-order valence-electron chi connectivity index (χ0n) is 18.7. The van der Waals surface area contributed by atoms with Crippen LogP contribution in [0.4, 0.5) is 10.5 Å². The number of halogens is 1. The van der Waals surface area contributed by atoms with Crippen LogP contribution in [-0.2, 0) is 9.47 Å². The fraction of sp³-hybridized carbons (Fsp3) is 0.600. The van der Waals surface area contributed by atoms with Gasteiger partial charge >= 0.3 is 6.09 Å². The first kappa shape index (κ1) is 25.6. The summed E-state index contributed by atoms with van der Waals surface area (Å²) in [6.45, 7) is 9.28. The molecule has 0 unspecified atom stereocenters. The van der Waals surface area contributed by atoms with Gasteiger partial charge in [0.1, 0.15) is 11.3 Å². The van der Waals surface area contributed by atoms with Gasteiger partial charge in [-0.3, -0.25) is 9.69 Å². The van der Waals surface area contributed by atoms with E-state index >= 15 is 0 Å². The Balaban J connectivity index is 0.000000474. The van der Waals surface area contributed by atoms with Gasteiger partial charge in [-0.25, -0.2) is 14.3 Å². The topological polar surface area (TPSA) is 112 Å². The number of carbonyl (C=O) groups excluding carboxylic acids is 2. The Morgan fingerprint density at radius 2 is 1.90 bits per heavy atom. The van der Waals surface area contributed by atoms with Crippen molar-refractivity contribution in [3.05, 3.63) is 23.1 Å². The molecule has 2 aromatic heterocycles. The van der Waals surface area contributed by atoms with Crippen molar-refractivity contribution in [2.45, 2.75) is 65.6 Å². The highest BCUT2D eigenvalue weighted by Gasteiger charge is 2.24. The Labute approximate surface area is 182 Å². The summed E-state index contributed by atoms with van der Waals surface area (Å²) in [7, 11) is 3.29. The number of carbonyl (C=O) groups is 2. The van der Waals surface area contributed by atoms with Crippen LogP contribution in [0.1, 0.15) is 64.4 Å². The molecule has 2 amide bonds. The van der Waals surface area contributed by atoms with E-state index in [-0.39, 0.29) is 16.5 Å². The van der Waals surface area contributed by atoms with E-state index in [9.17, 15) is 9.59 Å². The van der Waals surface area contributed by atoms with Gasteiger partial charge in [0.2, 0.25) is 0 Å². The number of imidazole rings is 1. The molecule has 1 saturated carbocycles. The number of ether oxygens (including phenoxy) is 2. The Bertz CT molecular complexity index is 856. The van der Waals surface area contributed by atoms with E-state index in [1.807, 2.05) is 13.8 Å². The van der Waals surface area contributed by atoms with E-state index in [2.05, 4.69) is 10.1 Å². The summed E-state index contributed by atoms with van der Waals surface area (Å²) in [6, 6.07) is 1.46. The SMILES string of the molecule is CC.CN(C(=O)OC(C)(C)C)c1cc(Cl)nn2c(C(N)=O)cnc12.COC1CCC1. The number of fused-ring (bicyclic) bond motifs is 1. The Hall–Kier alpha value is -2.39. The normalized spacial score (nSPS) is 13.3. The molecule has 1 aliphatic carbocycles. The molecule has 2 aromatic rings. The Kier molecular flexibility index (Phi) is 9.51. The smallest absolute Gasteiger partial charge is 0.414 e. The number of hydrogen-bond acceptors (Lipinski definition) is 6. The fourth-order valence-electron chi connectivity index (χ4n) is 2.37. The minimum atomic E-state index is -0.701. The maximum absolute atomic E-state index is 12.2. The van der Waals surface area contributed by atoms with Gasteiger partial charge in [-0.1, -0.05) is 25.4 Å². The van der Waals surface area contributed by atoms with Gasteiger partial charge in [0.15, 0.2) is 10.8 Å². The summed E-state index contributed by atoms with van der Waals surface area (Å²) in [5.41, 5.74) is 5.29. The average Bonchev–Trinajstić information content (AvgIpc) is 3.04. The molecule has 0 atom stereocenters. The van der Waals surface area contributed by atoms with Crippen molar-refractivity contribution >= 4 is 34.9 Å². The highest BCUT2D eigenvalue weighted by Crippen LogP contribution is 2.25. The first-order valence-corrected chi connectivity index (χ1v) is 10.2. The van der Waals surface area contributed by atoms with Crippen molar-refractivity contribution in [2.24, 2.45) is 5.73 Å². The number of anilines is 1. The second-order valence-corrected chi connectivity index (χ2v) is 7.81. The van der Waals surface area contributed by atoms with Gasteiger partial charge in [0.05, 0.1) is 18.0 Å². The van der Waals surface area contributed by atoms with Gasteiger partial charge in [0, 0.05) is 20.2 Å². The van der Waals surface area contributed by atoms with E-state index in [1.54, 1.807) is 27.9 Å². The Morgan fingerprint density at radius 1 is 1.30 bits per heavy atom. The largest absolute Gasteiger partial charge is 0.443 e. The van der Waals surface area contributed by atoms with Crippen LogP contribution >= 0.6 is 11.6 Å². The molecule has 30 heavy (non-hydrogen) atoms. The summed E-state index contributed by atoms with van der Waals surface area (Å²) in [5.74, 6) is -0.701. The van der Waals surface area contributed by atoms with Crippen LogP contribution in [0, 0.1) is 0 Å². The number of amides is 2. The third kappa shape index (κ3) is 6.84. The van der Waals surface area contributed by atoms with E-state index in [1.165, 1.54) is 48.0 Å². The van der Waals surface area contributed by atoms with E-state index in [0.717, 1.165) is 0 Å². The van der Waals surface area contributed by atoms with Crippen molar-refractivity contribution < 1.29 is 19.1 Å². The number of hydrogen-bond donors (Lipinski definition) is 1. The van der Waals surface area contributed by atoms with Crippen molar-refractivity contribution in [1.29, 1.82) is 0 Å². The molecule has 168 valence electrons. The zero-order chi connectivity index (χ0) is 23.1. The lowest BCUT2D eigenvalue weighted by Crippen LogP contribution is -2.34. The molecule has 9 nitrogen and oxygen atoms in total. The molecule has 0 aromatic carbocycles. The van der Waals surface area contributed by atoms with Crippen LogP contribution in [0.3, 0.4) is 0 Å². The molecule has 0 bridgehead atoms. The maximum atomic E-state index is 12.2. The fourth-order valence-corrected chi connectivity index (χ4v) is 2.55. The number of primary amides is 1. The van der Waals surface area contributed by atoms with Gasteiger partial charge < -0.3 is 15.2 Å². The van der Waals surface area contributed by atoms with Gasteiger partial charge in [-0.2, -0.15) is 5.10 Å². The molecule has 2 N–H and O–H groups in total. The van der Waals surface area contributed by atoms with Crippen LogP contribution in [0.25, 0.3) is 5.65 Å².